The maximum absolute atomic E-state index is 7.10. The van der Waals surface area contributed by atoms with Gasteiger partial charge < -0.3 is 5.41 Å². The highest BCUT2D eigenvalue weighted by Gasteiger charge is 2.18. The zero-order valence-corrected chi connectivity index (χ0v) is 7.10. The first kappa shape index (κ1) is 7.98. The molecule has 60 valence electrons. The van der Waals surface area contributed by atoms with Crippen molar-refractivity contribution in [3.05, 3.63) is 17.5 Å². The molecule has 3 heteroatoms. The maximum atomic E-state index is 7.10. The first-order chi connectivity index (χ1) is 5.05. The van der Waals surface area contributed by atoms with Crippen molar-refractivity contribution in [3.8, 4) is 0 Å². The molecule has 0 aliphatic heterocycles. The number of H-pyrrole nitrogens is 1. The van der Waals surface area contributed by atoms with E-state index in [1.807, 2.05) is 0 Å². The lowest BCUT2D eigenvalue weighted by atomic mass is 9.90. The Bertz CT molecular complexity index is 255. The van der Waals surface area contributed by atoms with Gasteiger partial charge in [0.2, 0.25) is 0 Å². The molecule has 0 bridgehead atoms. The van der Waals surface area contributed by atoms with Gasteiger partial charge in [0.15, 0.2) is 0 Å². The van der Waals surface area contributed by atoms with Crippen LogP contribution in [0, 0.1) is 5.41 Å². The molecule has 0 fully saturated rings. The van der Waals surface area contributed by atoms with Crippen LogP contribution < -0.4 is 0 Å². The summed E-state index contributed by atoms with van der Waals surface area (Å²) in [5.41, 5.74) is 1.94. The third kappa shape index (κ3) is 1.48. The topological polar surface area (TPSA) is 52.5 Å². The number of nitrogens with one attached hydrogen (secondary N) is 2. The molecule has 1 rings (SSSR count). The predicted molar refractivity (Wildman–Crippen MR) is 45.2 cm³/mol. The lowest BCUT2D eigenvalue weighted by Gasteiger charge is -2.16. The number of aromatic amines is 1. The minimum atomic E-state index is 0.0450. The van der Waals surface area contributed by atoms with E-state index in [1.165, 1.54) is 6.21 Å². The van der Waals surface area contributed by atoms with E-state index < -0.39 is 0 Å². The van der Waals surface area contributed by atoms with Crippen LogP contribution in [0.15, 0.2) is 6.20 Å². The third-order valence-corrected chi connectivity index (χ3v) is 1.57. The highest BCUT2D eigenvalue weighted by molar-refractivity contribution is 5.78. The van der Waals surface area contributed by atoms with E-state index in [2.05, 4.69) is 31.0 Å². The summed E-state index contributed by atoms with van der Waals surface area (Å²) in [4.78, 5) is 0. The monoisotopic (exact) mass is 151 g/mol. The zero-order chi connectivity index (χ0) is 8.48. The molecule has 1 aromatic heterocycles. The molecule has 1 aromatic rings. The van der Waals surface area contributed by atoms with E-state index in [0.29, 0.717) is 0 Å². The van der Waals surface area contributed by atoms with E-state index in [0.717, 1.165) is 11.3 Å². The van der Waals surface area contributed by atoms with Crippen LogP contribution in [0.5, 0.6) is 0 Å². The van der Waals surface area contributed by atoms with Crippen molar-refractivity contribution in [2.75, 3.05) is 0 Å². The summed E-state index contributed by atoms with van der Waals surface area (Å²) in [6.07, 6.45) is 3.00. The quantitative estimate of drug-likeness (QED) is 0.590. The van der Waals surface area contributed by atoms with Gasteiger partial charge in [-0.15, -0.1) is 0 Å². The van der Waals surface area contributed by atoms with Crippen LogP contribution in [0.4, 0.5) is 0 Å². The highest BCUT2D eigenvalue weighted by atomic mass is 15.1. The molecule has 0 radical (unpaired) electrons. The van der Waals surface area contributed by atoms with Crippen molar-refractivity contribution < 1.29 is 0 Å². The largest absolute Gasteiger partial charge is 0.308 e. The average molecular weight is 151 g/mol. The Morgan fingerprint density at radius 3 is 2.55 bits per heavy atom. The van der Waals surface area contributed by atoms with E-state index >= 15 is 0 Å². The van der Waals surface area contributed by atoms with Crippen LogP contribution in [0.3, 0.4) is 0 Å². The lowest BCUT2D eigenvalue weighted by molar-refractivity contribution is 0.566. The van der Waals surface area contributed by atoms with E-state index in [4.69, 9.17) is 5.41 Å². The first-order valence-corrected chi connectivity index (χ1v) is 3.60. The van der Waals surface area contributed by atoms with Crippen LogP contribution in [-0.4, -0.2) is 16.4 Å². The molecule has 0 spiro atoms. The van der Waals surface area contributed by atoms with Gasteiger partial charge in [-0.25, -0.2) is 0 Å². The maximum Gasteiger partial charge on any atom is 0.0578 e. The van der Waals surface area contributed by atoms with Crippen molar-refractivity contribution in [2.24, 2.45) is 0 Å². The minimum absolute atomic E-state index is 0.0450. The zero-order valence-electron chi connectivity index (χ0n) is 7.10. The molecule has 0 aromatic carbocycles. The smallest absolute Gasteiger partial charge is 0.0578 e. The van der Waals surface area contributed by atoms with Gasteiger partial charge in [-0.05, 0) is 0 Å². The summed E-state index contributed by atoms with van der Waals surface area (Å²) in [6, 6.07) is 0. The molecule has 0 saturated carbocycles. The molecule has 3 nitrogen and oxygen atoms in total. The van der Waals surface area contributed by atoms with Gasteiger partial charge in [0.25, 0.3) is 0 Å². The second kappa shape index (κ2) is 2.49. The molecule has 1 heterocycles. The van der Waals surface area contributed by atoms with E-state index in [9.17, 15) is 0 Å². The molecule has 0 aliphatic rings. The van der Waals surface area contributed by atoms with Gasteiger partial charge in [0, 0.05) is 22.9 Å². The number of rotatable bonds is 1. The fraction of sp³-hybridized carbons (Fsp3) is 0.500. The first-order valence-electron chi connectivity index (χ1n) is 3.60. The fourth-order valence-corrected chi connectivity index (χ4v) is 1.01. The predicted octanol–water partition coefficient (Wildman–Crippen LogP) is 1.70. The molecule has 0 atom stereocenters. The Hall–Kier alpha value is -1.12. The Morgan fingerprint density at radius 2 is 2.18 bits per heavy atom. The van der Waals surface area contributed by atoms with Crippen LogP contribution in [0.25, 0.3) is 0 Å². The van der Waals surface area contributed by atoms with Crippen molar-refractivity contribution in [2.45, 2.75) is 26.2 Å². The van der Waals surface area contributed by atoms with Crippen LogP contribution >= 0.6 is 0 Å². The van der Waals surface area contributed by atoms with Gasteiger partial charge in [-0.1, -0.05) is 20.8 Å². The Kier molecular flexibility index (Phi) is 1.81. The Balaban J connectivity index is 3.12. The number of hydrogen-bond donors (Lipinski definition) is 2. The highest BCUT2D eigenvalue weighted by Crippen LogP contribution is 2.21. The fourth-order valence-electron chi connectivity index (χ4n) is 1.01. The van der Waals surface area contributed by atoms with Gasteiger partial charge in [0.05, 0.1) is 6.20 Å². The number of aromatic nitrogens is 2. The molecule has 0 aliphatic carbocycles. The van der Waals surface area contributed by atoms with Gasteiger partial charge in [0.1, 0.15) is 0 Å². The summed E-state index contributed by atoms with van der Waals surface area (Å²) in [5.74, 6) is 0. The van der Waals surface area contributed by atoms with Crippen LogP contribution in [0.1, 0.15) is 32.0 Å². The summed E-state index contributed by atoms with van der Waals surface area (Å²) >= 11 is 0. The van der Waals surface area contributed by atoms with Crippen LogP contribution in [-0.2, 0) is 5.41 Å². The van der Waals surface area contributed by atoms with Crippen molar-refractivity contribution in [1.29, 1.82) is 5.41 Å². The molecule has 0 amide bonds. The van der Waals surface area contributed by atoms with Gasteiger partial charge >= 0.3 is 0 Å². The molecule has 0 saturated heterocycles. The van der Waals surface area contributed by atoms with Crippen LogP contribution in [0.2, 0.25) is 0 Å². The standard InChI is InChI=1S/C8H13N3/c1-8(2,3)7-6(4-9)5-10-11-7/h4-5,9H,1-3H3,(H,10,11). The molecular weight excluding hydrogens is 138 g/mol. The Morgan fingerprint density at radius 1 is 1.55 bits per heavy atom. The van der Waals surface area contributed by atoms with E-state index in [-0.39, 0.29) is 5.41 Å². The van der Waals surface area contributed by atoms with Gasteiger partial charge in [-0.3, -0.25) is 5.10 Å². The molecular formula is C8H13N3. The minimum Gasteiger partial charge on any atom is -0.308 e. The summed E-state index contributed by atoms with van der Waals surface area (Å²) < 4.78 is 0. The normalized spacial score (nSPS) is 11.5. The second-order valence-corrected chi connectivity index (χ2v) is 3.59. The molecule has 11 heavy (non-hydrogen) atoms. The molecule has 2 N–H and O–H groups in total. The van der Waals surface area contributed by atoms with Crippen molar-refractivity contribution in [3.63, 3.8) is 0 Å². The lowest BCUT2D eigenvalue weighted by Crippen LogP contribution is -2.13. The summed E-state index contributed by atoms with van der Waals surface area (Å²) in [7, 11) is 0. The second-order valence-electron chi connectivity index (χ2n) is 3.59. The Labute approximate surface area is 66.3 Å². The number of nitrogens with zero attached hydrogens (tertiary/aromatic N) is 1. The summed E-state index contributed by atoms with van der Waals surface area (Å²) in [6.45, 7) is 6.27. The SMILES string of the molecule is CC(C)(C)c1[nH]ncc1C=N. The average Bonchev–Trinajstić information content (AvgIpc) is 2.31. The number of hydrogen-bond acceptors (Lipinski definition) is 2. The van der Waals surface area contributed by atoms with Gasteiger partial charge in [-0.2, -0.15) is 5.10 Å². The van der Waals surface area contributed by atoms with Crippen molar-refractivity contribution in [1.82, 2.24) is 10.2 Å². The van der Waals surface area contributed by atoms with Crippen molar-refractivity contribution >= 4 is 6.21 Å². The third-order valence-electron chi connectivity index (χ3n) is 1.57. The summed E-state index contributed by atoms with van der Waals surface area (Å²) in [5, 5.41) is 13.9. The van der Waals surface area contributed by atoms with E-state index in [1.54, 1.807) is 6.20 Å². The molecule has 0 unspecified atom stereocenters.